The summed E-state index contributed by atoms with van der Waals surface area (Å²) in [6.07, 6.45) is 1.82. The van der Waals surface area contributed by atoms with E-state index in [1.807, 2.05) is 35.0 Å². The Morgan fingerprint density at radius 1 is 1.19 bits per heavy atom. The van der Waals surface area contributed by atoms with Crippen molar-refractivity contribution in [3.63, 3.8) is 0 Å². The highest BCUT2D eigenvalue weighted by atomic mass is 32.1. The average Bonchev–Trinajstić information content (AvgIpc) is 3.36. The number of carbonyl (C=O) groups is 1. The zero-order valence-electron chi connectivity index (χ0n) is 14.7. The minimum Gasteiger partial charge on any atom is -0.348 e. The third-order valence-electron chi connectivity index (χ3n) is 4.71. The van der Waals surface area contributed by atoms with E-state index in [-0.39, 0.29) is 17.8 Å². The summed E-state index contributed by atoms with van der Waals surface area (Å²) in [6, 6.07) is 10.8. The van der Waals surface area contributed by atoms with Crippen LogP contribution in [0, 0.1) is 5.82 Å². The number of amides is 1. The molecule has 1 fully saturated rings. The van der Waals surface area contributed by atoms with Crippen molar-refractivity contribution in [2.75, 3.05) is 13.1 Å². The van der Waals surface area contributed by atoms with E-state index in [2.05, 4.69) is 15.2 Å². The molecule has 2 aromatic heterocycles. The van der Waals surface area contributed by atoms with E-state index in [1.54, 1.807) is 11.3 Å². The number of piperidine rings is 1. The summed E-state index contributed by atoms with van der Waals surface area (Å²) in [5.74, 6) is -0.296. The van der Waals surface area contributed by atoms with Crippen molar-refractivity contribution >= 4 is 28.6 Å². The Balaban J connectivity index is 1.27. The lowest BCUT2D eigenvalue weighted by Crippen LogP contribution is -2.44. The molecule has 0 radical (unpaired) electrons. The van der Waals surface area contributed by atoms with Crippen molar-refractivity contribution in [1.82, 2.24) is 15.2 Å². The van der Waals surface area contributed by atoms with Crippen LogP contribution in [0.2, 0.25) is 0 Å². The number of rotatable bonds is 5. The summed E-state index contributed by atoms with van der Waals surface area (Å²) in [4.78, 5) is 20.4. The van der Waals surface area contributed by atoms with Gasteiger partial charge in [-0.15, -0.1) is 22.7 Å². The molecule has 0 unspecified atom stereocenters. The maximum absolute atomic E-state index is 13.0. The second-order valence-corrected chi connectivity index (χ2v) is 8.47. The number of benzene rings is 1. The molecule has 0 atom stereocenters. The number of nitrogens with zero attached hydrogens (tertiary/aromatic N) is 2. The molecule has 3 aromatic rings. The van der Waals surface area contributed by atoms with E-state index in [9.17, 15) is 9.18 Å². The first-order chi connectivity index (χ1) is 13.2. The second kappa shape index (κ2) is 8.29. The number of thiazole rings is 1. The van der Waals surface area contributed by atoms with E-state index < -0.39 is 0 Å². The molecule has 1 aliphatic rings. The van der Waals surface area contributed by atoms with Gasteiger partial charge in [0.15, 0.2) is 0 Å². The minimum absolute atomic E-state index is 0.0916. The van der Waals surface area contributed by atoms with E-state index in [1.165, 1.54) is 23.5 Å². The fourth-order valence-electron chi connectivity index (χ4n) is 3.23. The average molecular weight is 402 g/mol. The molecule has 4 nitrogen and oxygen atoms in total. The minimum atomic E-state index is -0.204. The highest BCUT2D eigenvalue weighted by Crippen LogP contribution is 2.27. The lowest BCUT2D eigenvalue weighted by Gasteiger charge is -2.32. The van der Waals surface area contributed by atoms with E-state index >= 15 is 0 Å². The molecule has 0 saturated carbocycles. The number of hydrogen-bond acceptors (Lipinski definition) is 5. The van der Waals surface area contributed by atoms with Crippen LogP contribution in [0.25, 0.3) is 9.88 Å². The summed E-state index contributed by atoms with van der Waals surface area (Å²) >= 11 is 3.13. The topological polar surface area (TPSA) is 45.2 Å². The van der Waals surface area contributed by atoms with Crippen LogP contribution in [0.15, 0.2) is 47.2 Å². The number of carbonyl (C=O) groups excluding carboxylic acids is 1. The van der Waals surface area contributed by atoms with Crippen LogP contribution in [0.1, 0.15) is 28.9 Å². The maximum Gasteiger partial charge on any atom is 0.270 e. The van der Waals surface area contributed by atoms with Gasteiger partial charge in [-0.1, -0.05) is 18.2 Å². The molecule has 1 N–H and O–H groups in total. The Morgan fingerprint density at radius 3 is 2.67 bits per heavy atom. The third kappa shape index (κ3) is 4.61. The van der Waals surface area contributed by atoms with Crippen LogP contribution in [0.5, 0.6) is 0 Å². The number of hydrogen-bond donors (Lipinski definition) is 1. The van der Waals surface area contributed by atoms with Crippen molar-refractivity contribution in [2.24, 2.45) is 0 Å². The maximum atomic E-state index is 13.0. The van der Waals surface area contributed by atoms with Gasteiger partial charge in [-0.25, -0.2) is 9.37 Å². The fourth-order valence-corrected chi connectivity index (χ4v) is 4.85. The summed E-state index contributed by atoms with van der Waals surface area (Å²) in [5, 5.41) is 7.85. The zero-order chi connectivity index (χ0) is 18.6. The lowest BCUT2D eigenvalue weighted by atomic mass is 10.0. The number of aromatic nitrogens is 1. The third-order valence-corrected chi connectivity index (χ3v) is 6.59. The van der Waals surface area contributed by atoms with Gasteiger partial charge in [0.25, 0.3) is 5.91 Å². The summed E-state index contributed by atoms with van der Waals surface area (Å²) in [7, 11) is 0. The molecule has 1 aliphatic heterocycles. The molecule has 1 saturated heterocycles. The Morgan fingerprint density at radius 2 is 1.96 bits per heavy atom. The number of halogens is 1. The smallest absolute Gasteiger partial charge is 0.270 e. The van der Waals surface area contributed by atoms with Gasteiger partial charge in [-0.05, 0) is 42.0 Å². The highest BCUT2D eigenvalue weighted by molar-refractivity contribution is 7.20. The largest absolute Gasteiger partial charge is 0.348 e. The van der Waals surface area contributed by atoms with Crippen molar-refractivity contribution in [3.8, 4) is 9.88 Å². The Kier molecular flexibility index (Phi) is 5.61. The molecule has 27 heavy (non-hydrogen) atoms. The van der Waals surface area contributed by atoms with Gasteiger partial charge in [0.2, 0.25) is 0 Å². The Hall–Kier alpha value is -2.09. The van der Waals surface area contributed by atoms with E-state index in [0.717, 1.165) is 47.9 Å². The monoisotopic (exact) mass is 401 g/mol. The second-order valence-electron chi connectivity index (χ2n) is 6.67. The molecule has 7 heteroatoms. The van der Waals surface area contributed by atoms with Gasteiger partial charge in [0.05, 0.1) is 4.88 Å². The van der Waals surface area contributed by atoms with Crippen LogP contribution >= 0.6 is 22.7 Å². The molecular formula is C20H20FN3OS2. The molecule has 140 valence electrons. The van der Waals surface area contributed by atoms with Crippen LogP contribution in [0.3, 0.4) is 0 Å². The quantitative estimate of drug-likeness (QED) is 0.689. The van der Waals surface area contributed by atoms with Crippen molar-refractivity contribution in [1.29, 1.82) is 0 Å². The molecule has 1 amide bonds. The fraction of sp³-hybridized carbons (Fsp3) is 0.300. The first-order valence-corrected chi connectivity index (χ1v) is 10.7. The molecule has 1 aromatic carbocycles. The summed E-state index contributed by atoms with van der Waals surface area (Å²) in [6.45, 7) is 2.65. The van der Waals surface area contributed by atoms with Gasteiger partial charge in [-0.3, -0.25) is 9.69 Å². The van der Waals surface area contributed by atoms with Gasteiger partial charge >= 0.3 is 0 Å². The number of thiophene rings is 1. The molecule has 3 heterocycles. The molecule has 0 aliphatic carbocycles. The Labute approximate surface area is 165 Å². The van der Waals surface area contributed by atoms with Gasteiger partial charge in [-0.2, -0.15) is 0 Å². The predicted octanol–water partition coefficient (Wildman–Crippen LogP) is 4.41. The van der Waals surface area contributed by atoms with Crippen LogP contribution in [0.4, 0.5) is 4.39 Å². The summed E-state index contributed by atoms with van der Waals surface area (Å²) < 4.78 is 13.0. The van der Waals surface area contributed by atoms with Crippen molar-refractivity contribution in [2.45, 2.75) is 25.4 Å². The van der Waals surface area contributed by atoms with Gasteiger partial charge < -0.3 is 5.32 Å². The standard InChI is InChI=1S/C20H20FN3OS2/c21-15-5-3-14(4-6-15)12-24-9-7-16(8-10-24)22-19(25)17-13-27-20(23-17)18-2-1-11-26-18/h1-6,11,13,16H,7-10,12H2,(H,22,25). The van der Waals surface area contributed by atoms with Crippen LogP contribution < -0.4 is 5.32 Å². The van der Waals surface area contributed by atoms with Gasteiger partial charge in [0, 0.05) is 31.1 Å². The number of likely N-dealkylation sites (tertiary alicyclic amines) is 1. The van der Waals surface area contributed by atoms with E-state index in [0.29, 0.717) is 5.69 Å². The number of nitrogens with one attached hydrogen (secondary N) is 1. The first-order valence-electron chi connectivity index (χ1n) is 8.94. The SMILES string of the molecule is O=C(NC1CCN(Cc2ccc(F)cc2)CC1)c1csc(-c2cccs2)n1. The Bertz CT molecular complexity index is 884. The molecule has 0 bridgehead atoms. The van der Waals surface area contributed by atoms with Gasteiger partial charge in [0.1, 0.15) is 16.5 Å². The first kappa shape index (κ1) is 18.3. The van der Waals surface area contributed by atoms with Crippen LogP contribution in [-0.4, -0.2) is 34.9 Å². The molecule has 0 spiro atoms. The van der Waals surface area contributed by atoms with E-state index in [4.69, 9.17) is 0 Å². The highest BCUT2D eigenvalue weighted by Gasteiger charge is 2.22. The van der Waals surface area contributed by atoms with Crippen molar-refractivity contribution in [3.05, 3.63) is 64.2 Å². The normalized spacial score (nSPS) is 15.7. The summed E-state index contributed by atoms with van der Waals surface area (Å²) in [5.41, 5.74) is 1.61. The van der Waals surface area contributed by atoms with Crippen LogP contribution in [-0.2, 0) is 6.54 Å². The zero-order valence-corrected chi connectivity index (χ0v) is 16.4. The van der Waals surface area contributed by atoms with Crippen molar-refractivity contribution < 1.29 is 9.18 Å². The lowest BCUT2D eigenvalue weighted by molar-refractivity contribution is 0.0904. The predicted molar refractivity (Wildman–Crippen MR) is 108 cm³/mol. The molecular weight excluding hydrogens is 381 g/mol. The molecule has 4 rings (SSSR count).